The van der Waals surface area contributed by atoms with E-state index in [9.17, 15) is 9.18 Å². The van der Waals surface area contributed by atoms with Gasteiger partial charge < -0.3 is 15.8 Å². The van der Waals surface area contributed by atoms with Crippen LogP contribution in [-0.4, -0.2) is 13.0 Å². The Bertz CT molecular complexity index is 666. The Morgan fingerprint density at radius 2 is 1.95 bits per heavy atom. The zero-order chi connectivity index (χ0) is 15.2. The predicted molar refractivity (Wildman–Crippen MR) is 81.5 cm³/mol. The summed E-state index contributed by atoms with van der Waals surface area (Å²) in [6.45, 7) is 0. The van der Waals surface area contributed by atoms with Gasteiger partial charge in [-0.25, -0.2) is 4.39 Å². The Morgan fingerprint density at radius 3 is 2.62 bits per heavy atom. The maximum atomic E-state index is 13.6. The number of hydrogen-bond acceptors (Lipinski definition) is 3. The molecule has 0 aromatic heterocycles. The second-order valence-electron chi connectivity index (χ2n) is 4.34. The van der Waals surface area contributed by atoms with Crippen molar-refractivity contribution in [1.29, 1.82) is 0 Å². The molecule has 4 nitrogen and oxygen atoms in total. The maximum absolute atomic E-state index is 13.6. The summed E-state index contributed by atoms with van der Waals surface area (Å²) >= 11 is 0. The first-order valence-corrected chi connectivity index (χ1v) is 6.26. The highest BCUT2D eigenvalue weighted by Gasteiger charge is 2.06. The van der Waals surface area contributed by atoms with Crippen molar-refractivity contribution in [3.8, 4) is 5.75 Å². The minimum Gasteiger partial charge on any atom is -0.497 e. The van der Waals surface area contributed by atoms with E-state index in [1.807, 2.05) is 0 Å². The number of nitrogens with two attached hydrogens (primary N) is 1. The topological polar surface area (TPSA) is 64.3 Å². The highest BCUT2D eigenvalue weighted by molar-refractivity contribution is 6.02. The SMILES string of the molecule is COc1ccc(F)c(NC(=O)/C=C/c2ccc(N)cc2)c1. The van der Waals surface area contributed by atoms with Gasteiger partial charge in [0.1, 0.15) is 11.6 Å². The Kier molecular flexibility index (Phi) is 4.56. The smallest absolute Gasteiger partial charge is 0.248 e. The molecule has 0 aliphatic heterocycles. The van der Waals surface area contributed by atoms with Gasteiger partial charge in [-0.05, 0) is 35.9 Å². The van der Waals surface area contributed by atoms with Crippen LogP contribution in [0.2, 0.25) is 0 Å². The number of nitrogen functional groups attached to an aromatic ring is 1. The Morgan fingerprint density at radius 1 is 1.24 bits per heavy atom. The summed E-state index contributed by atoms with van der Waals surface area (Å²) in [5.41, 5.74) is 7.12. The van der Waals surface area contributed by atoms with Gasteiger partial charge in [0.05, 0.1) is 12.8 Å². The standard InChI is InChI=1S/C16H15FN2O2/c1-21-13-7-8-14(17)15(10-13)19-16(20)9-4-11-2-5-12(18)6-3-11/h2-10H,18H2,1H3,(H,19,20)/b9-4+. The minimum atomic E-state index is -0.523. The molecule has 0 atom stereocenters. The van der Waals surface area contributed by atoms with Gasteiger partial charge in [-0.3, -0.25) is 4.79 Å². The molecule has 21 heavy (non-hydrogen) atoms. The van der Waals surface area contributed by atoms with Crippen LogP contribution in [0, 0.1) is 5.82 Å². The molecule has 1 amide bonds. The first-order chi connectivity index (χ1) is 10.1. The third-order valence-electron chi connectivity index (χ3n) is 2.80. The van der Waals surface area contributed by atoms with Crippen molar-refractivity contribution >= 4 is 23.4 Å². The molecule has 108 valence electrons. The van der Waals surface area contributed by atoms with E-state index in [-0.39, 0.29) is 5.69 Å². The summed E-state index contributed by atoms with van der Waals surface area (Å²) in [6, 6.07) is 11.2. The minimum absolute atomic E-state index is 0.0707. The molecule has 0 spiro atoms. The van der Waals surface area contributed by atoms with Crippen LogP contribution in [0.15, 0.2) is 48.5 Å². The number of nitrogens with one attached hydrogen (secondary N) is 1. The molecule has 0 fully saturated rings. The summed E-state index contributed by atoms with van der Waals surface area (Å²) < 4.78 is 18.5. The number of carbonyl (C=O) groups excluding carboxylic acids is 1. The first-order valence-electron chi connectivity index (χ1n) is 6.26. The lowest BCUT2D eigenvalue weighted by molar-refractivity contribution is -0.111. The van der Waals surface area contributed by atoms with Gasteiger partial charge >= 0.3 is 0 Å². The van der Waals surface area contributed by atoms with Gasteiger partial charge in [-0.2, -0.15) is 0 Å². The van der Waals surface area contributed by atoms with E-state index < -0.39 is 11.7 Å². The number of benzene rings is 2. The number of anilines is 2. The van der Waals surface area contributed by atoms with Crippen LogP contribution in [0.3, 0.4) is 0 Å². The monoisotopic (exact) mass is 286 g/mol. The summed E-state index contributed by atoms with van der Waals surface area (Å²) in [4.78, 5) is 11.8. The van der Waals surface area contributed by atoms with E-state index in [1.54, 1.807) is 30.3 Å². The fraction of sp³-hybridized carbons (Fsp3) is 0.0625. The molecule has 0 unspecified atom stereocenters. The molecule has 5 heteroatoms. The quantitative estimate of drug-likeness (QED) is 0.670. The van der Waals surface area contributed by atoms with Crippen LogP contribution in [0.5, 0.6) is 5.75 Å². The Labute approximate surface area is 122 Å². The zero-order valence-corrected chi connectivity index (χ0v) is 11.5. The zero-order valence-electron chi connectivity index (χ0n) is 11.5. The molecule has 2 aromatic rings. The number of carbonyl (C=O) groups is 1. The predicted octanol–water partition coefficient (Wildman–Crippen LogP) is 3.07. The number of hydrogen-bond donors (Lipinski definition) is 2. The van der Waals surface area contributed by atoms with Gasteiger partial charge in [0.15, 0.2) is 0 Å². The molecular formula is C16H15FN2O2. The largest absolute Gasteiger partial charge is 0.497 e. The van der Waals surface area contributed by atoms with E-state index in [4.69, 9.17) is 10.5 Å². The van der Waals surface area contributed by atoms with Crippen molar-refractivity contribution < 1.29 is 13.9 Å². The number of rotatable bonds is 4. The van der Waals surface area contributed by atoms with Crippen molar-refractivity contribution in [2.24, 2.45) is 0 Å². The van der Waals surface area contributed by atoms with Crippen molar-refractivity contribution in [2.45, 2.75) is 0 Å². The molecule has 0 saturated heterocycles. The van der Waals surface area contributed by atoms with Crippen molar-refractivity contribution in [3.63, 3.8) is 0 Å². The van der Waals surface area contributed by atoms with E-state index in [0.29, 0.717) is 11.4 Å². The average Bonchev–Trinajstić information content (AvgIpc) is 2.49. The maximum Gasteiger partial charge on any atom is 0.248 e. The van der Waals surface area contributed by atoms with Crippen LogP contribution in [-0.2, 0) is 4.79 Å². The molecular weight excluding hydrogens is 271 g/mol. The molecule has 3 N–H and O–H groups in total. The summed E-state index contributed by atoms with van der Waals surface area (Å²) in [5, 5.41) is 2.46. The highest BCUT2D eigenvalue weighted by atomic mass is 19.1. The van der Waals surface area contributed by atoms with Crippen molar-refractivity contribution in [1.82, 2.24) is 0 Å². The van der Waals surface area contributed by atoms with Crippen LogP contribution in [0.25, 0.3) is 6.08 Å². The fourth-order valence-electron chi connectivity index (χ4n) is 1.68. The number of ether oxygens (including phenoxy) is 1. The molecule has 0 radical (unpaired) electrons. The van der Waals surface area contributed by atoms with Gasteiger partial charge in [0.2, 0.25) is 5.91 Å². The second-order valence-corrected chi connectivity index (χ2v) is 4.34. The summed E-state index contributed by atoms with van der Waals surface area (Å²) in [6.07, 6.45) is 2.94. The van der Waals surface area contributed by atoms with E-state index in [2.05, 4.69) is 5.32 Å². The fourth-order valence-corrected chi connectivity index (χ4v) is 1.68. The lowest BCUT2D eigenvalue weighted by Gasteiger charge is -2.06. The van der Waals surface area contributed by atoms with Crippen LogP contribution in [0.4, 0.5) is 15.8 Å². The van der Waals surface area contributed by atoms with E-state index >= 15 is 0 Å². The summed E-state index contributed by atoms with van der Waals surface area (Å²) in [5.74, 6) is -0.488. The van der Waals surface area contributed by atoms with Crippen molar-refractivity contribution in [2.75, 3.05) is 18.2 Å². The van der Waals surface area contributed by atoms with Crippen molar-refractivity contribution in [3.05, 3.63) is 59.9 Å². The summed E-state index contributed by atoms with van der Waals surface area (Å²) in [7, 11) is 1.47. The molecule has 0 bridgehead atoms. The first kappa shape index (κ1) is 14.6. The van der Waals surface area contributed by atoms with Gasteiger partial charge in [0.25, 0.3) is 0 Å². The van der Waals surface area contributed by atoms with Crippen LogP contribution >= 0.6 is 0 Å². The Hall–Kier alpha value is -2.82. The third-order valence-corrected chi connectivity index (χ3v) is 2.80. The molecule has 0 heterocycles. The van der Waals surface area contributed by atoms with E-state index in [1.165, 1.54) is 31.4 Å². The van der Waals surface area contributed by atoms with Crippen LogP contribution in [0.1, 0.15) is 5.56 Å². The number of halogens is 1. The third kappa shape index (κ3) is 4.07. The van der Waals surface area contributed by atoms with Gasteiger partial charge in [-0.1, -0.05) is 12.1 Å². The number of methoxy groups -OCH3 is 1. The lowest BCUT2D eigenvalue weighted by Crippen LogP contribution is -2.09. The molecule has 0 aliphatic rings. The molecule has 0 aliphatic carbocycles. The van der Waals surface area contributed by atoms with Crippen LogP contribution < -0.4 is 15.8 Å². The Balaban J connectivity index is 2.06. The second kappa shape index (κ2) is 6.56. The lowest BCUT2D eigenvalue weighted by atomic mass is 10.2. The van der Waals surface area contributed by atoms with Gasteiger partial charge in [0, 0.05) is 17.8 Å². The molecule has 0 saturated carbocycles. The van der Waals surface area contributed by atoms with E-state index in [0.717, 1.165) is 5.56 Å². The average molecular weight is 286 g/mol. The molecule has 2 rings (SSSR count). The number of amides is 1. The highest BCUT2D eigenvalue weighted by Crippen LogP contribution is 2.21. The molecule has 2 aromatic carbocycles. The normalized spacial score (nSPS) is 10.6. The van der Waals surface area contributed by atoms with Gasteiger partial charge in [-0.15, -0.1) is 0 Å².